The summed E-state index contributed by atoms with van der Waals surface area (Å²) in [5, 5.41) is 0.693. The number of ether oxygens (including phenoxy) is 1. The van der Waals surface area contributed by atoms with Gasteiger partial charge in [-0.05, 0) is 54.0 Å². The molecule has 1 amide bonds. The van der Waals surface area contributed by atoms with Gasteiger partial charge in [-0.1, -0.05) is 61.3 Å². The van der Waals surface area contributed by atoms with Crippen LogP contribution in [0.2, 0.25) is 5.02 Å². The van der Waals surface area contributed by atoms with Crippen LogP contribution in [0.3, 0.4) is 0 Å². The van der Waals surface area contributed by atoms with Gasteiger partial charge in [-0.2, -0.15) is 0 Å². The first kappa shape index (κ1) is 18.5. The maximum atomic E-state index is 12.7. The highest BCUT2D eigenvalue weighted by Gasteiger charge is 2.41. The van der Waals surface area contributed by atoms with Crippen LogP contribution in [-0.2, 0) is 16.0 Å². The van der Waals surface area contributed by atoms with Crippen molar-refractivity contribution >= 4 is 17.5 Å². The monoisotopic (exact) mass is 383 g/mol. The van der Waals surface area contributed by atoms with E-state index in [2.05, 4.69) is 31.2 Å². The molecule has 27 heavy (non-hydrogen) atoms. The summed E-state index contributed by atoms with van der Waals surface area (Å²) in [7, 11) is 0. The maximum absolute atomic E-state index is 12.7. The molecular weight excluding hydrogens is 358 g/mol. The summed E-state index contributed by atoms with van der Waals surface area (Å²) in [6, 6.07) is 16.4. The summed E-state index contributed by atoms with van der Waals surface area (Å²) >= 11 is 6.24. The van der Waals surface area contributed by atoms with Crippen LogP contribution < -0.4 is 0 Å². The van der Waals surface area contributed by atoms with Gasteiger partial charge in [0, 0.05) is 11.6 Å². The second-order valence-electron chi connectivity index (χ2n) is 7.71. The van der Waals surface area contributed by atoms with Crippen LogP contribution in [-0.4, -0.2) is 24.0 Å². The smallest absolute Gasteiger partial charge is 0.249 e. The van der Waals surface area contributed by atoms with Crippen molar-refractivity contribution in [2.75, 3.05) is 13.2 Å². The molecule has 0 spiro atoms. The molecule has 0 radical (unpaired) electrons. The minimum Gasteiger partial charge on any atom is -0.361 e. The van der Waals surface area contributed by atoms with Gasteiger partial charge in [0.25, 0.3) is 0 Å². The number of aryl methyl sites for hydroxylation is 1. The number of morpholine rings is 1. The lowest BCUT2D eigenvalue weighted by Crippen LogP contribution is -2.46. The van der Waals surface area contributed by atoms with Crippen molar-refractivity contribution < 1.29 is 9.53 Å². The highest BCUT2D eigenvalue weighted by Crippen LogP contribution is 2.43. The Bertz CT molecular complexity index is 800. The van der Waals surface area contributed by atoms with E-state index in [4.69, 9.17) is 16.3 Å². The first-order valence-corrected chi connectivity index (χ1v) is 10.3. The lowest BCUT2D eigenvalue weighted by Gasteiger charge is -2.42. The van der Waals surface area contributed by atoms with E-state index in [-0.39, 0.29) is 24.7 Å². The van der Waals surface area contributed by atoms with Gasteiger partial charge in [-0.15, -0.1) is 0 Å². The number of halogens is 1. The van der Waals surface area contributed by atoms with E-state index < -0.39 is 0 Å². The van der Waals surface area contributed by atoms with Crippen molar-refractivity contribution in [3.63, 3.8) is 0 Å². The van der Waals surface area contributed by atoms with Crippen molar-refractivity contribution in [2.24, 2.45) is 5.92 Å². The number of carbonyl (C=O) groups is 1. The van der Waals surface area contributed by atoms with Crippen LogP contribution in [0.4, 0.5) is 0 Å². The summed E-state index contributed by atoms with van der Waals surface area (Å²) < 4.78 is 6.06. The molecule has 2 aromatic rings. The predicted molar refractivity (Wildman–Crippen MR) is 108 cm³/mol. The lowest BCUT2D eigenvalue weighted by molar-refractivity contribution is -0.159. The Morgan fingerprint density at radius 2 is 1.89 bits per heavy atom. The van der Waals surface area contributed by atoms with Crippen molar-refractivity contribution in [3.8, 4) is 0 Å². The summed E-state index contributed by atoms with van der Waals surface area (Å²) in [4.78, 5) is 14.8. The molecule has 0 bridgehead atoms. The van der Waals surface area contributed by atoms with Gasteiger partial charge in [0.05, 0.1) is 6.04 Å². The van der Waals surface area contributed by atoms with Crippen molar-refractivity contribution in [1.82, 2.24) is 4.90 Å². The minimum atomic E-state index is -0.197. The molecule has 4 rings (SSSR count). The molecule has 2 aromatic carbocycles. The third kappa shape index (κ3) is 4.20. The van der Waals surface area contributed by atoms with Crippen LogP contribution >= 0.6 is 11.6 Å². The van der Waals surface area contributed by atoms with Crippen LogP contribution in [0.5, 0.6) is 0 Å². The van der Waals surface area contributed by atoms with Gasteiger partial charge in [0.2, 0.25) is 5.91 Å². The van der Waals surface area contributed by atoms with E-state index in [9.17, 15) is 4.79 Å². The quantitative estimate of drug-likeness (QED) is 0.673. The number of carbonyl (C=O) groups excluding carboxylic acids is 1. The van der Waals surface area contributed by atoms with E-state index in [1.165, 1.54) is 18.4 Å². The number of rotatable bonds is 6. The molecule has 142 valence electrons. The minimum absolute atomic E-state index is 0.0859. The van der Waals surface area contributed by atoms with Crippen LogP contribution in [0.25, 0.3) is 0 Å². The van der Waals surface area contributed by atoms with Gasteiger partial charge in [-0.25, -0.2) is 0 Å². The average molecular weight is 384 g/mol. The van der Waals surface area contributed by atoms with E-state index in [0.717, 1.165) is 30.5 Å². The molecule has 2 aliphatic rings. The summed E-state index contributed by atoms with van der Waals surface area (Å²) in [5.41, 5.74) is 3.49. The van der Waals surface area contributed by atoms with Crippen LogP contribution in [0.1, 0.15) is 55.0 Å². The van der Waals surface area contributed by atoms with Crippen molar-refractivity contribution in [2.45, 2.75) is 44.8 Å². The number of amides is 1. The fourth-order valence-electron chi connectivity index (χ4n) is 3.93. The first-order valence-electron chi connectivity index (χ1n) is 9.91. The lowest BCUT2D eigenvalue weighted by atomic mass is 9.91. The zero-order valence-electron chi connectivity index (χ0n) is 15.7. The zero-order chi connectivity index (χ0) is 18.8. The number of benzene rings is 2. The fourth-order valence-corrected chi connectivity index (χ4v) is 4.13. The topological polar surface area (TPSA) is 29.5 Å². The van der Waals surface area contributed by atoms with Gasteiger partial charge in [-0.3, -0.25) is 4.79 Å². The number of hydrogen-bond acceptors (Lipinski definition) is 2. The standard InChI is InChI=1S/C23H26ClNO2/c1-2-4-16-9-11-18(12-10-16)22-23(19-5-3-6-20(24)13-19)27-15-21(26)25(22)14-17-7-8-17/h3,5-6,9-13,17,22-23H,2,4,7-8,14-15H2,1H3. The Kier molecular flexibility index (Phi) is 5.51. The van der Waals surface area contributed by atoms with E-state index >= 15 is 0 Å². The summed E-state index contributed by atoms with van der Waals surface area (Å²) in [5.74, 6) is 0.719. The van der Waals surface area contributed by atoms with Gasteiger partial charge in [0.15, 0.2) is 0 Å². The third-order valence-electron chi connectivity index (χ3n) is 5.52. The molecule has 4 heteroatoms. The fraction of sp³-hybridized carbons (Fsp3) is 0.435. The highest BCUT2D eigenvalue weighted by atomic mass is 35.5. The molecule has 2 atom stereocenters. The molecule has 1 aliphatic carbocycles. The Morgan fingerprint density at radius 3 is 2.56 bits per heavy atom. The first-order chi connectivity index (χ1) is 13.2. The third-order valence-corrected chi connectivity index (χ3v) is 5.75. The number of nitrogens with zero attached hydrogens (tertiary/aromatic N) is 1. The zero-order valence-corrected chi connectivity index (χ0v) is 16.5. The Balaban J connectivity index is 1.71. The molecule has 2 unspecified atom stereocenters. The highest BCUT2D eigenvalue weighted by molar-refractivity contribution is 6.30. The predicted octanol–water partition coefficient (Wildman–Crippen LogP) is 5.34. The van der Waals surface area contributed by atoms with E-state index in [0.29, 0.717) is 10.9 Å². The SMILES string of the molecule is CCCc1ccc(C2C(c3cccc(Cl)c3)OCC(=O)N2CC2CC2)cc1. The molecule has 0 aromatic heterocycles. The van der Waals surface area contributed by atoms with E-state index in [1.807, 2.05) is 29.2 Å². The Morgan fingerprint density at radius 1 is 1.11 bits per heavy atom. The molecule has 2 fully saturated rings. The molecule has 3 nitrogen and oxygen atoms in total. The molecule has 1 saturated heterocycles. The molecular formula is C23H26ClNO2. The Hall–Kier alpha value is -1.84. The summed E-state index contributed by atoms with van der Waals surface area (Å²) in [6.07, 6.45) is 4.44. The number of hydrogen-bond donors (Lipinski definition) is 0. The second kappa shape index (κ2) is 8.04. The van der Waals surface area contributed by atoms with Crippen molar-refractivity contribution in [1.29, 1.82) is 0 Å². The van der Waals surface area contributed by atoms with Crippen LogP contribution in [0.15, 0.2) is 48.5 Å². The van der Waals surface area contributed by atoms with E-state index in [1.54, 1.807) is 0 Å². The Labute approximate surface area is 166 Å². The normalized spacial score (nSPS) is 22.9. The maximum Gasteiger partial charge on any atom is 0.249 e. The largest absolute Gasteiger partial charge is 0.361 e. The molecule has 1 saturated carbocycles. The second-order valence-corrected chi connectivity index (χ2v) is 8.15. The molecule has 1 heterocycles. The molecule has 0 N–H and O–H groups in total. The van der Waals surface area contributed by atoms with Gasteiger partial charge >= 0.3 is 0 Å². The average Bonchev–Trinajstić information content (AvgIpc) is 3.48. The summed E-state index contributed by atoms with van der Waals surface area (Å²) in [6.45, 7) is 3.14. The van der Waals surface area contributed by atoms with Gasteiger partial charge in [0.1, 0.15) is 12.7 Å². The van der Waals surface area contributed by atoms with Crippen molar-refractivity contribution in [3.05, 3.63) is 70.2 Å². The van der Waals surface area contributed by atoms with Crippen LogP contribution in [0, 0.1) is 5.92 Å². The molecule has 1 aliphatic heterocycles. The van der Waals surface area contributed by atoms with Gasteiger partial charge < -0.3 is 9.64 Å².